The maximum absolute atomic E-state index is 11.4. The molecule has 0 aliphatic heterocycles. The van der Waals surface area contributed by atoms with Gasteiger partial charge in [-0.1, -0.05) is 59.8 Å². The minimum Gasteiger partial charge on any atom is -0.396 e. The number of aliphatic hydroxyl groups excluding tert-OH is 1. The lowest BCUT2D eigenvalue weighted by molar-refractivity contribution is -0.114. The second-order valence-corrected chi connectivity index (χ2v) is 6.49. The van der Waals surface area contributed by atoms with Crippen LogP contribution in [0.15, 0.2) is 0 Å². The molecular formula is C18H38O2. The van der Waals surface area contributed by atoms with Gasteiger partial charge in [0.1, 0.15) is 0 Å². The minimum atomic E-state index is -0.516. The van der Waals surface area contributed by atoms with Gasteiger partial charge in [0.05, 0.1) is 5.60 Å². The van der Waals surface area contributed by atoms with Gasteiger partial charge in [-0.05, 0) is 43.9 Å². The van der Waals surface area contributed by atoms with Gasteiger partial charge in [0.2, 0.25) is 0 Å². The quantitative estimate of drug-likeness (QED) is 0.464. The maximum atomic E-state index is 11.4. The molecule has 0 aliphatic carbocycles. The summed E-state index contributed by atoms with van der Waals surface area (Å²) in [7, 11) is 0. The van der Waals surface area contributed by atoms with Crippen LogP contribution in [0.2, 0.25) is 0 Å². The predicted molar refractivity (Wildman–Crippen MR) is 88.0 cm³/mol. The third-order valence-corrected chi connectivity index (χ3v) is 4.83. The van der Waals surface area contributed by atoms with Gasteiger partial charge in [-0.25, -0.2) is 0 Å². The van der Waals surface area contributed by atoms with Crippen LogP contribution < -0.4 is 0 Å². The molecule has 0 fully saturated rings. The zero-order chi connectivity index (χ0) is 15.5. The molecular weight excluding hydrogens is 248 g/mol. The summed E-state index contributed by atoms with van der Waals surface area (Å²) in [4.78, 5) is 0. The average Bonchev–Trinajstić information content (AvgIpc) is 2.40. The van der Waals surface area contributed by atoms with Crippen LogP contribution in [0.5, 0.6) is 0 Å². The Morgan fingerprint density at radius 3 is 1.45 bits per heavy atom. The lowest BCUT2D eigenvalue weighted by Gasteiger charge is -2.49. The normalized spacial score (nSPS) is 12.9. The van der Waals surface area contributed by atoms with Crippen LogP contribution >= 0.6 is 0 Å². The van der Waals surface area contributed by atoms with Gasteiger partial charge in [-0.3, -0.25) is 0 Å². The number of hydrogen-bond donors (Lipinski definition) is 2. The summed E-state index contributed by atoms with van der Waals surface area (Å²) in [5.74, 6) is 0. The highest BCUT2D eigenvalue weighted by molar-refractivity contribution is 4.98. The van der Waals surface area contributed by atoms with E-state index in [4.69, 9.17) is 5.11 Å². The molecule has 2 nitrogen and oxygen atoms in total. The van der Waals surface area contributed by atoms with Crippen molar-refractivity contribution >= 4 is 0 Å². The third-order valence-electron chi connectivity index (χ3n) is 4.83. The van der Waals surface area contributed by atoms with E-state index in [1.807, 2.05) is 0 Å². The summed E-state index contributed by atoms with van der Waals surface area (Å²) in [6.45, 7) is 9.09. The smallest absolute Gasteiger partial charge is 0.0703 e. The van der Waals surface area contributed by atoms with Crippen LogP contribution in [0.4, 0.5) is 0 Å². The molecule has 0 unspecified atom stereocenters. The van der Waals surface area contributed by atoms with Gasteiger partial charge in [0.15, 0.2) is 0 Å². The van der Waals surface area contributed by atoms with Crippen LogP contribution in [-0.4, -0.2) is 22.4 Å². The Kier molecular flexibility index (Phi) is 10.6. The Labute approximate surface area is 127 Å². The molecule has 0 atom stereocenters. The molecule has 0 amide bonds. The van der Waals surface area contributed by atoms with Crippen molar-refractivity contribution in [3.8, 4) is 0 Å². The molecule has 0 aromatic carbocycles. The summed E-state index contributed by atoms with van der Waals surface area (Å²) in [6.07, 6.45) is 11.4. The van der Waals surface area contributed by atoms with Gasteiger partial charge >= 0.3 is 0 Å². The van der Waals surface area contributed by atoms with E-state index in [2.05, 4.69) is 27.7 Å². The fraction of sp³-hybridized carbons (Fsp3) is 1.00. The Hall–Kier alpha value is -0.0800. The SMILES string of the molecule is CCCC(O)(CCC)C(CCC)(CCC)CCCCO. The first kappa shape index (κ1) is 19.9. The van der Waals surface area contributed by atoms with Crippen LogP contribution in [0.1, 0.15) is 98.3 Å². The highest BCUT2D eigenvalue weighted by atomic mass is 16.3. The Morgan fingerprint density at radius 2 is 1.10 bits per heavy atom. The van der Waals surface area contributed by atoms with E-state index >= 15 is 0 Å². The van der Waals surface area contributed by atoms with E-state index in [0.717, 1.165) is 70.6 Å². The highest BCUT2D eigenvalue weighted by Gasteiger charge is 2.46. The molecule has 0 spiro atoms. The van der Waals surface area contributed by atoms with E-state index in [1.165, 1.54) is 0 Å². The molecule has 0 saturated heterocycles. The number of aliphatic hydroxyl groups is 2. The molecule has 2 heteroatoms. The van der Waals surface area contributed by atoms with Gasteiger partial charge in [-0.2, -0.15) is 0 Å². The molecule has 0 aromatic rings. The van der Waals surface area contributed by atoms with Crippen LogP contribution in [0.25, 0.3) is 0 Å². The molecule has 0 saturated carbocycles. The van der Waals surface area contributed by atoms with E-state index < -0.39 is 5.60 Å². The zero-order valence-corrected chi connectivity index (χ0v) is 14.4. The van der Waals surface area contributed by atoms with Gasteiger partial charge in [0, 0.05) is 6.61 Å². The fourth-order valence-electron chi connectivity index (χ4n) is 4.09. The maximum Gasteiger partial charge on any atom is 0.0703 e. The van der Waals surface area contributed by atoms with Crippen molar-refractivity contribution in [3.63, 3.8) is 0 Å². The molecule has 20 heavy (non-hydrogen) atoms. The van der Waals surface area contributed by atoms with E-state index in [1.54, 1.807) is 0 Å². The van der Waals surface area contributed by atoms with Crippen molar-refractivity contribution in [1.82, 2.24) is 0 Å². The molecule has 122 valence electrons. The number of hydrogen-bond acceptors (Lipinski definition) is 2. The summed E-state index contributed by atoms with van der Waals surface area (Å²) >= 11 is 0. The molecule has 0 bridgehead atoms. The lowest BCUT2D eigenvalue weighted by atomic mass is 9.60. The topological polar surface area (TPSA) is 40.5 Å². The first-order valence-corrected chi connectivity index (χ1v) is 8.89. The van der Waals surface area contributed by atoms with Crippen LogP contribution in [0, 0.1) is 5.41 Å². The predicted octanol–water partition coefficient (Wildman–Crippen LogP) is 5.07. The minimum absolute atomic E-state index is 0.0533. The van der Waals surface area contributed by atoms with Crippen LogP contribution in [-0.2, 0) is 0 Å². The monoisotopic (exact) mass is 286 g/mol. The van der Waals surface area contributed by atoms with Crippen molar-refractivity contribution in [3.05, 3.63) is 0 Å². The Morgan fingerprint density at radius 1 is 0.650 bits per heavy atom. The van der Waals surface area contributed by atoms with Crippen LogP contribution in [0.3, 0.4) is 0 Å². The van der Waals surface area contributed by atoms with Crippen molar-refractivity contribution in [1.29, 1.82) is 0 Å². The lowest BCUT2D eigenvalue weighted by Crippen LogP contribution is -2.48. The van der Waals surface area contributed by atoms with Crippen molar-refractivity contribution < 1.29 is 10.2 Å². The third kappa shape index (κ3) is 5.37. The van der Waals surface area contributed by atoms with Crippen molar-refractivity contribution in [2.24, 2.45) is 5.41 Å². The first-order chi connectivity index (χ1) is 9.55. The second kappa shape index (κ2) is 10.6. The molecule has 2 N–H and O–H groups in total. The second-order valence-electron chi connectivity index (χ2n) is 6.49. The summed E-state index contributed by atoms with van der Waals surface area (Å²) in [5.41, 5.74) is -0.463. The zero-order valence-electron chi connectivity index (χ0n) is 14.4. The largest absolute Gasteiger partial charge is 0.396 e. The van der Waals surface area contributed by atoms with Crippen molar-refractivity contribution in [2.45, 2.75) is 104 Å². The number of rotatable bonds is 13. The summed E-state index contributed by atoms with van der Waals surface area (Å²) in [6, 6.07) is 0. The molecule has 0 aliphatic rings. The molecule has 0 heterocycles. The highest BCUT2D eigenvalue weighted by Crippen LogP contribution is 2.49. The van der Waals surface area contributed by atoms with Gasteiger partial charge in [0.25, 0.3) is 0 Å². The molecule has 0 rings (SSSR count). The van der Waals surface area contributed by atoms with Crippen molar-refractivity contribution in [2.75, 3.05) is 6.61 Å². The van der Waals surface area contributed by atoms with E-state index in [9.17, 15) is 5.11 Å². The summed E-state index contributed by atoms with van der Waals surface area (Å²) in [5, 5.41) is 20.5. The Bertz CT molecular complexity index is 213. The molecule has 0 aromatic heterocycles. The number of unbranched alkanes of at least 4 members (excludes halogenated alkanes) is 1. The first-order valence-electron chi connectivity index (χ1n) is 8.89. The van der Waals surface area contributed by atoms with Gasteiger partial charge in [-0.15, -0.1) is 0 Å². The van der Waals surface area contributed by atoms with E-state index in [0.29, 0.717) is 0 Å². The van der Waals surface area contributed by atoms with Gasteiger partial charge < -0.3 is 10.2 Å². The summed E-state index contributed by atoms with van der Waals surface area (Å²) < 4.78 is 0. The standard InChI is InChI=1S/C18H38O2/c1-5-11-17(12-6-2,15-9-10-16-19)18(20,13-7-3)14-8-4/h19-20H,5-16H2,1-4H3. The Balaban J connectivity index is 5.25. The fourth-order valence-corrected chi connectivity index (χ4v) is 4.09. The molecule has 0 radical (unpaired) electrons. The average molecular weight is 286 g/mol. The van der Waals surface area contributed by atoms with E-state index in [-0.39, 0.29) is 12.0 Å².